The summed E-state index contributed by atoms with van der Waals surface area (Å²) in [5.41, 5.74) is 1.65. The summed E-state index contributed by atoms with van der Waals surface area (Å²) in [5, 5.41) is 12.0. The highest BCUT2D eigenvalue weighted by molar-refractivity contribution is 6.34. The minimum Gasteiger partial charge on any atom is -0.294 e. The summed E-state index contributed by atoms with van der Waals surface area (Å²) in [6.07, 6.45) is 1.04. The van der Waals surface area contributed by atoms with E-state index in [4.69, 9.17) is 11.6 Å². The Kier molecular flexibility index (Phi) is 2.23. The monoisotopic (exact) mass is 212 g/mol. The standard InChI is InChI=1S/C9H13ClN4/c1-4-5(2)8-11-12-9-7(10)6(3)13-14(8)9/h5,13H,4H2,1-3H3. The third-order valence-electron chi connectivity index (χ3n) is 2.55. The fourth-order valence-corrected chi connectivity index (χ4v) is 1.60. The van der Waals surface area contributed by atoms with E-state index >= 15 is 0 Å². The maximum atomic E-state index is 6.05. The van der Waals surface area contributed by atoms with E-state index in [0.717, 1.165) is 23.6 Å². The highest BCUT2D eigenvalue weighted by Gasteiger charge is 2.16. The normalized spacial score (nSPS) is 13.7. The van der Waals surface area contributed by atoms with E-state index in [9.17, 15) is 0 Å². The lowest BCUT2D eigenvalue weighted by Crippen LogP contribution is -2.00. The topological polar surface area (TPSA) is 46.0 Å². The maximum Gasteiger partial charge on any atom is 0.196 e. The molecular formula is C9H13ClN4. The van der Waals surface area contributed by atoms with Gasteiger partial charge in [-0.25, -0.2) is 4.52 Å². The lowest BCUT2D eigenvalue weighted by atomic mass is 10.1. The summed E-state index contributed by atoms with van der Waals surface area (Å²) in [4.78, 5) is 0. The second-order valence-electron chi connectivity index (χ2n) is 3.58. The quantitative estimate of drug-likeness (QED) is 0.832. The van der Waals surface area contributed by atoms with Crippen LogP contribution in [0.3, 0.4) is 0 Å². The molecule has 0 aromatic carbocycles. The van der Waals surface area contributed by atoms with Crippen LogP contribution in [0.5, 0.6) is 0 Å². The van der Waals surface area contributed by atoms with Gasteiger partial charge in [-0.2, -0.15) is 0 Å². The maximum absolute atomic E-state index is 6.05. The van der Waals surface area contributed by atoms with E-state index in [0.29, 0.717) is 10.9 Å². The van der Waals surface area contributed by atoms with Gasteiger partial charge in [0.25, 0.3) is 0 Å². The number of hydrogen-bond acceptors (Lipinski definition) is 2. The predicted octanol–water partition coefficient (Wildman–Crippen LogP) is 2.53. The Morgan fingerprint density at radius 2 is 2.21 bits per heavy atom. The fraction of sp³-hybridized carbons (Fsp3) is 0.556. The zero-order valence-corrected chi connectivity index (χ0v) is 9.26. The largest absolute Gasteiger partial charge is 0.294 e. The number of rotatable bonds is 2. The van der Waals surface area contributed by atoms with Gasteiger partial charge in [0.1, 0.15) is 5.02 Å². The summed E-state index contributed by atoms with van der Waals surface area (Å²) in [6.45, 7) is 6.18. The number of aromatic amines is 1. The number of aryl methyl sites for hydroxylation is 1. The summed E-state index contributed by atoms with van der Waals surface area (Å²) in [5.74, 6) is 1.33. The summed E-state index contributed by atoms with van der Waals surface area (Å²) >= 11 is 6.05. The van der Waals surface area contributed by atoms with Gasteiger partial charge >= 0.3 is 0 Å². The van der Waals surface area contributed by atoms with Gasteiger partial charge in [0.05, 0.1) is 5.69 Å². The zero-order chi connectivity index (χ0) is 10.3. The Morgan fingerprint density at radius 1 is 1.50 bits per heavy atom. The molecule has 2 heterocycles. The van der Waals surface area contributed by atoms with Crippen molar-refractivity contribution in [2.45, 2.75) is 33.1 Å². The SMILES string of the molecule is CCC(C)c1nnc2c(Cl)c(C)[nH]n12. The van der Waals surface area contributed by atoms with Gasteiger partial charge in [-0.3, -0.25) is 5.10 Å². The molecule has 1 N–H and O–H groups in total. The third-order valence-corrected chi connectivity index (χ3v) is 3.00. The number of halogens is 1. The van der Waals surface area contributed by atoms with E-state index in [-0.39, 0.29) is 0 Å². The van der Waals surface area contributed by atoms with Crippen LogP contribution in [0, 0.1) is 6.92 Å². The van der Waals surface area contributed by atoms with Crippen LogP contribution in [0.1, 0.15) is 37.7 Å². The van der Waals surface area contributed by atoms with Crippen molar-refractivity contribution in [3.8, 4) is 0 Å². The smallest absolute Gasteiger partial charge is 0.196 e. The minimum atomic E-state index is 0.388. The van der Waals surface area contributed by atoms with Gasteiger partial charge in [0.15, 0.2) is 11.5 Å². The molecule has 0 amide bonds. The molecule has 0 aliphatic heterocycles. The molecule has 76 valence electrons. The first-order valence-corrected chi connectivity index (χ1v) is 5.12. The van der Waals surface area contributed by atoms with Gasteiger partial charge in [-0.1, -0.05) is 25.4 Å². The van der Waals surface area contributed by atoms with Crippen LogP contribution in [-0.4, -0.2) is 19.8 Å². The van der Waals surface area contributed by atoms with Crippen LogP contribution in [0.2, 0.25) is 5.02 Å². The van der Waals surface area contributed by atoms with Crippen LogP contribution in [0.25, 0.3) is 5.65 Å². The average molecular weight is 213 g/mol. The Balaban J connectivity index is 2.63. The summed E-state index contributed by atoms with van der Waals surface area (Å²) < 4.78 is 1.87. The molecule has 5 heteroatoms. The van der Waals surface area contributed by atoms with Crippen molar-refractivity contribution >= 4 is 17.2 Å². The molecule has 14 heavy (non-hydrogen) atoms. The third kappa shape index (κ3) is 1.21. The second-order valence-corrected chi connectivity index (χ2v) is 3.96. The number of nitrogens with one attached hydrogen (secondary N) is 1. The molecule has 4 nitrogen and oxygen atoms in total. The number of nitrogens with zero attached hydrogens (tertiary/aromatic N) is 3. The number of fused-ring (bicyclic) bond motifs is 1. The van der Waals surface area contributed by atoms with E-state index in [2.05, 4.69) is 29.1 Å². The Morgan fingerprint density at radius 3 is 2.86 bits per heavy atom. The van der Waals surface area contributed by atoms with Crippen molar-refractivity contribution in [1.29, 1.82) is 0 Å². The Bertz CT molecular complexity index is 457. The highest BCUT2D eigenvalue weighted by atomic mass is 35.5. The van der Waals surface area contributed by atoms with Gasteiger partial charge < -0.3 is 0 Å². The lowest BCUT2D eigenvalue weighted by molar-refractivity contribution is 0.649. The van der Waals surface area contributed by atoms with Crippen molar-refractivity contribution in [2.24, 2.45) is 0 Å². The minimum absolute atomic E-state index is 0.388. The van der Waals surface area contributed by atoms with Crippen LogP contribution in [0.15, 0.2) is 0 Å². The molecule has 1 atom stereocenters. The van der Waals surface area contributed by atoms with E-state index in [1.54, 1.807) is 0 Å². The van der Waals surface area contributed by atoms with Crippen molar-refractivity contribution in [3.05, 3.63) is 16.5 Å². The lowest BCUT2D eigenvalue weighted by Gasteiger charge is -2.03. The molecule has 0 saturated heterocycles. The molecular weight excluding hydrogens is 200 g/mol. The zero-order valence-electron chi connectivity index (χ0n) is 8.50. The summed E-state index contributed by atoms with van der Waals surface area (Å²) in [7, 11) is 0. The van der Waals surface area contributed by atoms with E-state index in [1.807, 2.05) is 11.4 Å². The molecule has 0 aliphatic carbocycles. The van der Waals surface area contributed by atoms with Gasteiger partial charge in [-0.05, 0) is 13.3 Å². The first-order valence-electron chi connectivity index (χ1n) is 4.74. The molecule has 0 bridgehead atoms. The number of hydrogen-bond donors (Lipinski definition) is 1. The first kappa shape index (κ1) is 9.52. The van der Waals surface area contributed by atoms with Gasteiger partial charge in [-0.15, -0.1) is 10.2 Å². The molecule has 0 saturated carbocycles. The highest BCUT2D eigenvalue weighted by Crippen LogP contribution is 2.23. The molecule has 2 rings (SSSR count). The van der Waals surface area contributed by atoms with Crippen molar-refractivity contribution in [1.82, 2.24) is 19.8 Å². The van der Waals surface area contributed by atoms with E-state index in [1.165, 1.54) is 0 Å². The number of H-pyrrole nitrogens is 1. The summed E-state index contributed by atoms with van der Waals surface area (Å²) in [6, 6.07) is 0. The number of aromatic nitrogens is 4. The van der Waals surface area contributed by atoms with Crippen LogP contribution < -0.4 is 0 Å². The van der Waals surface area contributed by atoms with Crippen molar-refractivity contribution in [2.75, 3.05) is 0 Å². The fourth-order valence-electron chi connectivity index (χ4n) is 1.43. The molecule has 0 radical (unpaired) electrons. The average Bonchev–Trinajstić information content (AvgIpc) is 2.69. The van der Waals surface area contributed by atoms with Crippen LogP contribution in [-0.2, 0) is 0 Å². The first-order chi connectivity index (χ1) is 6.65. The van der Waals surface area contributed by atoms with E-state index < -0.39 is 0 Å². The predicted molar refractivity (Wildman–Crippen MR) is 55.8 cm³/mol. The molecule has 0 aliphatic rings. The second kappa shape index (κ2) is 3.28. The Hall–Kier alpha value is -1.03. The molecule has 2 aromatic rings. The Labute approximate surface area is 87.3 Å². The molecule has 1 unspecified atom stereocenters. The van der Waals surface area contributed by atoms with Crippen LogP contribution in [0.4, 0.5) is 0 Å². The molecule has 0 spiro atoms. The van der Waals surface area contributed by atoms with Crippen molar-refractivity contribution < 1.29 is 0 Å². The van der Waals surface area contributed by atoms with Crippen molar-refractivity contribution in [3.63, 3.8) is 0 Å². The molecule has 2 aromatic heterocycles. The van der Waals surface area contributed by atoms with Crippen LogP contribution >= 0.6 is 11.6 Å². The van der Waals surface area contributed by atoms with Gasteiger partial charge in [0.2, 0.25) is 0 Å². The van der Waals surface area contributed by atoms with Gasteiger partial charge in [0, 0.05) is 5.92 Å². The molecule has 0 fully saturated rings.